The molecule has 86 valence electrons. The Bertz CT molecular complexity index is 634. The molecule has 2 N–H and O–H groups in total. The zero-order valence-electron chi connectivity index (χ0n) is 8.61. The number of benzene rings is 1. The molecule has 0 fully saturated rings. The summed E-state index contributed by atoms with van der Waals surface area (Å²) >= 11 is 0. The van der Waals surface area contributed by atoms with Crippen molar-refractivity contribution in [2.45, 2.75) is 0 Å². The van der Waals surface area contributed by atoms with Crippen LogP contribution in [0.2, 0.25) is 0 Å². The Morgan fingerprint density at radius 1 is 1.24 bits per heavy atom. The fourth-order valence-electron chi connectivity index (χ4n) is 1.50. The second-order valence-corrected chi connectivity index (χ2v) is 3.41. The zero-order chi connectivity index (χ0) is 12.4. The molecule has 0 saturated carbocycles. The number of hydrogen-bond acceptors (Lipinski definition) is 2. The normalized spacial score (nSPS) is 10.2. The first kappa shape index (κ1) is 11.1. The van der Waals surface area contributed by atoms with E-state index in [0.717, 1.165) is 18.2 Å². The molecule has 0 aliphatic heterocycles. The molecule has 0 amide bonds. The highest BCUT2D eigenvalue weighted by atomic mass is 19.1. The SMILES string of the molecule is O=C(O)c1ccc(F)c(-c2ccc[nH]c2=O)c1. The summed E-state index contributed by atoms with van der Waals surface area (Å²) < 4.78 is 13.6. The number of nitrogens with one attached hydrogen (secondary N) is 1. The van der Waals surface area contributed by atoms with Gasteiger partial charge in [0.15, 0.2) is 0 Å². The van der Waals surface area contributed by atoms with Gasteiger partial charge in [-0.1, -0.05) is 0 Å². The van der Waals surface area contributed by atoms with Gasteiger partial charge in [-0.05, 0) is 30.3 Å². The molecule has 0 unspecified atom stereocenters. The lowest BCUT2D eigenvalue weighted by molar-refractivity contribution is 0.0697. The molecule has 0 atom stereocenters. The van der Waals surface area contributed by atoms with Crippen LogP contribution < -0.4 is 5.56 Å². The molecule has 2 rings (SSSR count). The molecule has 4 nitrogen and oxygen atoms in total. The molecule has 2 aromatic rings. The molecular weight excluding hydrogens is 225 g/mol. The molecule has 1 aromatic heterocycles. The lowest BCUT2D eigenvalue weighted by Gasteiger charge is -2.03. The number of halogens is 1. The first-order valence-corrected chi connectivity index (χ1v) is 4.80. The highest BCUT2D eigenvalue weighted by molar-refractivity contribution is 5.89. The first-order chi connectivity index (χ1) is 8.09. The Hall–Kier alpha value is -2.43. The average Bonchev–Trinajstić information content (AvgIpc) is 2.30. The van der Waals surface area contributed by atoms with Crippen molar-refractivity contribution in [3.8, 4) is 11.1 Å². The van der Waals surface area contributed by atoms with Gasteiger partial charge in [-0.2, -0.15) is 0 Å². The van der Waals surface area contributed by atoms with E-state index in [2.05, 4.69) is 4.98 Å². The van der Waals surface area contributed by atoms with Gasteiger partial charge >= 0.3 is 5.97 Å². The van der Waals surface area contributed by atoms with Crippen LogP contribution in [0.15, 0.2) is 41.3 Å². The van der Waals surface area contributed by atoms with Crippen LogP contribution in [0.25, 0.3) is 11.1 Å². The molecule has 0 spiro atoms. The fourth-order valence-corrected chi connectivity index (χ4v) is 1.50. The first-order valence-electron chi connectivity index (χ1n) is 4.80. The summed E-state index contributed by atoms with van der Waals surface area (Å²) in [5, 5.41) is 8.81. The van der Waals surface area contributed by atoms with Gasteiger partial charge in [-0.25, -0.2) is 9.18 Å². The quantitative estimate of drug-likeness (QED) is 0.831. The average molecular weight is 233 g/mol. The van der Waals surface area contributed by atoms with Crippen molar-refractivity contribution >= 4 is 5.97 Å². The van der Waals surface area contributed by atoms with E-state index in [1.807, 2.05) is 0 Å². The summed E-state index contributed by atoms with van der Waals surface area (Å²) in [4.78, 5) is 24.7. The standard InChI is InChI=1S/C12H8FNO3/c13-10-4-3-7(12(16)17)6-9(10)8-2-1-5-14-11(8)15/h1-6H,(H,14,15)(H,16,17). The van der Waals surface area contributed by atoms with Crippen LogP contribution in [0.1, 0.15) is 10.4 Å². The number of aromatic amines is 1. The molecule has 0 radical (unpaired) electrons. The molecule has 1 aromatic carbocycles. The molecule has 1 heterocycles. The smallest absolute Gasteiger partial charge is 0.335 e. The number of carboxylic acid groups (broad SMARTS) is 1. The second kappa shape index (κ2) is 4.21. The van der Waals surface area contributed by atoms with Gasteiger partial charge in [0, 0.05) is 17.3 Å². The van der Waals surface area contributed by atoms with E-state index < -0.39 is 17.3 Å². The van der Waals surface area contributed by atoms with E-state index >= 15 is 0 Å². The lowest BCUT2D eigenvalue weighted by atomic mass is 10.0. The van der Waals surface area contributed by atoms with Crippen LogP contribution in [0.3, 0.4) is 0 Å². The van der Waals surface area contributed by atoms with Crippen LogP contribution in [0.5, 0.6) is 0 Å². The molecule has 0 aliphatic carbocycles. The summed E-state index contributed by atoms with van der Waals surface area (Å²) in [5.41, 5.74) is -0.446. The predicted molar refractivity (Wildman–Crippen MR) is 59.4 cm³/mol. The number of pyridine rings is 1. The van der Waals surface area contributed by atoms with Crippen molar-refractivity contribution < 1.29 is 14.3 Å². The molecular formula is C12H8FNO3. The Morgan fingerprint density at radius 3 is 2.65 bits per heavy atom. The van der Waals surface area contributed by atoms with Crippen molar-refractivity contribution in [1.82, 2.24) is 4.98 Å². The van der Waals surface area contributed by atoms with E-state index in [1.54, 1.807) is 6.07 Å². The van der Waals surface area contributed by atoms with Gasteiger partial charge in [0.05, 0.1) is 5.56 Å². The number of carboxylic acids is 1. The Kier molecular flexibility index (Phi) is 2.74. The van der Waals surface area contributed by atoms with E-state index in [1.165, 1.54) is 12.3 Å². The Morgan fingerprint density at radius 2 is 2.00 bits per heavy atom. The maximum absolute atomic E-state index is 13.6. The zero-order valence-corrected chi connectivity index (χ0v) is 8.61. The summed E-state index contributed by atoms with van der Waals surface area (Å²) in [6.45, 7) is 0. The summed E-state index contributed by atoms with van der Waals surface area (Å²) in [6.07, 6.45) is 1.42. The van der Waals surface area contributed by atoms with Crippen LogP contribution >= 0.6 is 0 Å². The van der Waals surface area contributed by atoms with Gasteiger partial charge < -0.3 is 10.1 Å². The van der Waals surface area contributed by atoms with E-state index in [-0.39, 0.29) is 16.7 Å². The van der Waals surface area contributed by atoms with Crippen LogP contribution in [-0.4, -0.2) is 16.1 Å². The number of rotatable bonds is 2. The van der Waals surface area contributed by atoms with Crippen LogP contribution in [0.4, 0.5) is 4.39 Å². The predicted octanol–water partition coefficient (Wildman–Crippen LogP) is 1.88. The number of aromatic carboxylic acids is 1. The van der Waals surface area contributed by atoms with E-state index in [0.29, 0.717) is 0 Å². The number of H-pyrrole nitrogens is 1. The third-order valence-corrected chi connectivity index (χ3v) is 2.32. The van der Waals surface area contributed by atoms with Gasteiger partial charge in [-0.15, -0.1) is 0 Å². The molecule has 0 aliphatic rings. The Labute approximate surface area is 95.4 Å². The van der Waals surface area contributed by atoms with Crippen LogP contribution in [0, 0.1) is 5.82 Å². The van der Waals surface area contributed by atoms with Gasteiger partial charge in [0.1, 0.15) is 5.82 Å². The summed E-state index contributed by atoms with van der Waals surface area (Å²) in [7, 11) is 0. The molecule has 5 heteroatoms. The van der Waals surface area contributed by atoms with Crippen LogP contribution in [-0.2, 0) is 0 Å². The van der Waals surface area contributed by atoms with E-state index in [4.69, 9.17) is 5.11 Å². The maximum atomic E-state index is 13.6. The van der Waals surface area contributed by atoms with Crippen molar-refractivity contribution in [2.24, 2.45) is 0 Å². The summed E-state index contributed by atoms with van der Waals surface area (Å²) in [6, 6.07) is 6.30. The highest BCUT2D eigenvalue weighted by Crippen LogP contribution is 2.20. The maximum Gasteiger partial charge on any atom is 0.335 e. The van der Waals surface area contributed by atoms with Gasteiger partial charge in [0.25, 0.3) is 5.56 Å². The van der Waals surface area contributed by atoms with Crippen molar-refractivity contribution in [3.63, 3.8) is 0 Å². The molecule has 0 saturated heterocycles. The topological polar surface area (TPSA) is 70.2 Å². The number of carbonyl (C=O) groups is 1. The van der Waals surface area contributed by atoms with E-state index in [9.17, 15) is 14.0 Å². The third-order valence-electron chi connectivity index (χ3n) is 2.32. The Balaban J connectivity index is 2.67. The van der Waals surface area contributed by atoms with Crippen molar-refractivity contribution in [1.29, 1.82) is 0 Å². The second-order valence-electron chi connectivity index (χ2n) is 3.41. The summed E-state index contributed by atoms with van der Waals surface area (Å²) in [5.74, 6) is -1.80. The largest absolute Gasteiger partial charge is 0.478 e. The minimum Gasteiger partial charge on any atom is -0.478 e. The molecule has 17 heavy (non-hydrogen) atoms. The van der Waals surface area contributed by atoms with Crippen molar-refractivity contribution in [3.05, 3.63) is 58.3 Å². The van der Waals surface area contributed by atoms with Gasteiger partial charge in [0.2, 0.25) is 0 Å². The number of aromatic nitrogens is 1. The minimum atomic E-state index is -1.17. The lowest BCUT2D eigenvalue weighted by Crippen LogP contribution is -2.08. The van der Waals surface area contributed by atoms with Gasteiger partial charge in [-0.3, -0.25) is 4.79 Å². The monoisotopic (exact) mass is 233 g/mol. The van der Waals surface area contributed by atoms with Crippen molar-refractivity contribution in [2.75, 3.05) is 0 Å². The molecule has 0 bridgehead atoms. The highest BCUT2D eigenvalue weighted by Gasteiger charge is 2.12. The number of hydrogen-bond donors (Lipinski definition) is 2. The minimum absolute atomic E-state index is 0.0215. The fraction of sp³-hybridized carbons (Fsp3) is 0. The third kappa shape index (κ3) is 2.08.